The van der Waals surface area contributed by atoms with E-state index in [1.165, 1.54) is 44.1 Å². The van der Waals surface area contributed by atoms with Gasteiger partial charge in [0.1, 0.15) is 0 Å². The van der Waals surface area contributed by atoms with Crippen molar-refractivity contribution < 1.29 is 4.42 Å². The van der Waals surface area contributed by atoms with Gasteiger partial charge in [0.25, 0.3) is 0 Å². The Bertz CT molecular complexity index is 255. The van der Waals surface area contributed by atoms with Crippen molar-refractivity contribution in [1.82, 2.24) is 5.32 Å². The van der Waals surface area contributed by atoms with Gasteiger partial charge in [0.05, 0.1) is 12.5 Å². The molecule has 0 unspecified atom stereocenters. The van der Waals surface area contributed by atoms with E-state index in [-0.39, 0.29) is 12.4 Å². The summed E-state index contributed by atoms with van der Waals surface area (Å²) in [7, 11) is 0. The van der Waals surface area contributed by atoms with E-state index in [0.29, 0.717) is 0 Å². The second-order valence-corrected chi connectivity index (χ2v) is 4.60. The Morgan fingerprint density at radius 2 is 2.12 bits per heavy atom. The van der Waals surface area contributed by atoms with Crippen molar-refractivity contribution in [3.63, 3.8) is 0 Å². The Morgan fingerprint density at radius 1 is 1.31 bits per heavy atom. The summed E-state index contributed by atoms with van der Waals surface area (Å²) in [6.45, 7) is 2.09. The van der Waals surface area contributed by atoms with Crippen molar-refractivity contribution in [3.05, 3.63) is 24.2 Å². The number of hydrogen-bond acceptors (Lipinski definition) is 2. The van der Waals surface area contributed by atoms with E-state index in [4.69, 9.17) is 4.42 Å². The van der Waals surface area contributed by atoms with Crippen molar-refractivity contribution in [1.29, 1.82) is 0 Å². The highest BCUT2D eigenvalue weighted by atomic mass is 35.5. The summed E-state index contributed by atoms with van der Waals surface area (Å²) in [6, 6.07) is 2.02. The molecule has 2 rings (SSSR count). The molecule has 1 N–H and O–H groups in total. The molecule has 92 valence electrons. The van der Waals surface area contributed by atoms with Crippen molar-refractivity contribution in [2.45, 2.75) is 45.1 Å². The Kier molecular flexibility index (Phi) is 6.58. The van der Waals surface area contributed by atoms with Crippen LogP contribution in [-0.4, -0.2) is 6.54 Å². The van der Waals surface area contributed by atoms with Gasteiger partial charge >= 0.3 is 0 Å². The standard InChI is InChI=1S/C13H21NO.ClH/c1-2-5-12(4-1)6-3-8-14-10-13-7-9-15-11-13;/h7,9,11-12,14H,1-6,8,10H2;1H. The van der Waals surface area contributed by atoms with E-state index in [2.05, 4.69) is 5.32 Å². The van der Waals surface area contributed by atoms with Crippen LogP contribution in [0, 0.1) is 5.92 Å². The van der Waals surface area contributed by atoms with Crippen LogP contribution in [0.2, 0.25) is 0 Å². The summed E-state index contributed by atoms with van der Waals surface area (Å²) in [5, 5.41) is 3.45. The smallest absolute Gasteiger partial charge is 0.0947 e. The van der Waals surface area contributed by atoms with E-state index in [1.807, 2.05) is 12.3 Å². The quantitative estimate of drug-likeness (QED) is 0.770. The van der Waals surface area contributed by atoms with Gasteiger partial charge in [-0.2, -0.15) is 0 Å². The van der Waals surface area contributed by atoms with Crippen LogP contribution in [0.1, 0.15) is 44.1 Å². The summed E-state index contributed by atoms with van der Waals surface area (Å²) in [4.78, 5) is 0. The van der Waals surface area contributed by atoms with Gasteiger partial charge in [-0.1, -0.05) is 25.7 Å². The SMILES string of the molecule is Cl.c1cc(CNCCCC2CCCC2)co1. The molecule has 0 amide bonds. The first-order chi connectivity index (χ1) is 7.45. The van der Waals surface area contributed by atoms with Crippen molar-refractivity contribution >= 4 is 12.4 Å². The third-order valence-electron chi connectivity index (χ3n) is 3.35. The molecule has 0 spiro atoms. The lowest BCUT2D eigenvalue weighted by Crippen LogP contribution is -2.14. The van der Waals surface area contributed by atoms with E-state index >= 15 is 0 Å². The molecule has 1 heterocycles. The number of rotatable bonds is 6. The van der Waals surface area contributed by atoms with E-state index in [0.717, 1.165) is 19.0 Å². The summed E-state index contributed by atoms with van der Waals surface area (Å²) >= 11 is 0. The first-order valence-corrected chi connectivity index (χ1v) is 6.17. The predicted molar refractivity (Wildman–Crippen MR) is 68.9 cm³/mol. The zero-order valence-electron chi connectivity index (χ0n) is 9.78. The maximum atomic E-state index is 5.01. The fraction of sp³-hybridized carbons (Fsp3) is 0.692. The van der Waals surface area contributed by atoms with Gasteiger partial charge in [-0.05, 0) is 31.4 Å². The molecular weight excluding hydrogens is 222 g/mol. The Balaban J connectivity index is 0.00000128. The highest BCUT2D eigenvalue weighted by Gasteiger charge is 2.13. The second-order valence-electron chi connectivity index (χ2n) is 4.60. The summed E-state index contributed by atoms with van der Waals surface area (Å²) in [5.74, 6) is 1.03. The number of halogens is 1. The average Bonchev–Trinajstić information content (AvgIpc) is 2.88. The molecule has 1 aromatic heterocycles. The molecule has 1 aliphatic rings. The third kappa shape index (κ3) is 4.58. The van der Waals surface area contributed by atoms with Gasteiger partial charge in [0.15, 0.2) is 0 Å². The molecule has 0 radical (unpaired) electrons. The van der Waals surface area contributed by atoms with Gasteiger partial charge in [-0.3, -0.25) is 0 Å². The molecule has 3 heteroatoms. The maximum Gasteiger partial charge on any atom is 0.0947 e. The Hall–Kier alpha value is -0.470. The number of nitrogens with one attached hydrogen (secondary N) is 1. The molecule has 1 aliphatic carbocycles. The minimum absolute atomic E-state index is 0. The Morgan fingerprint density at radius 3 is 2.81 bits per heavy atom. The lowest BCUT2D eigenvalue weighted by molar-refractivity contribution is 0.470. The van der Waals surface area contributed by atoms with Crippen LogP contribution in [0.25, 0.3) is 0 Å². The van der Waals surface area contributed by atoms with Crippen LogP contribution < -0.4 is 5.32 Å². The van der Waals surface area contributed by atoms with Crippen LogP contribution in [0.15, 0.2) is 23.0 Å². The number of hydrogen-bond donors (Lipinski definition) is 1. The first kappa shape index (κ1) is 13.6. The maximum absolute atomic E-state index is 5.01. The molecule has 1 saturated carbocycles. The van der Waals surface area contributed by atoms with Crippen molar-refractivity contribution in [3.8, 4) is 0 Å². The van der Waals surface area contributed by atoms with Crippen LogP contribution in [0.5, 0.6) is 0 Å². The normalized spacial score (nSPS) is 16.2. The first-order valence-electron chi connectivity index (χ1n) is 6.17. The molecule has 16 heavy (non-hydrogen) atoms. The van der Waals surface area contributed by atoms with E-state index < -0.39 is 0 Å². The monoisotopic (exact) mass is 243 g/mol. The molecular formula is C13H22ClNO. The highest BCUT2D eigenvalue weighted by molar-refractivity contribution is 5.85. The van der Waals surface area contributed by atoms with Crippen LogP contribution in [0.4, 0.5) is 0 Å². The lowest BCUT2D eigenvalue weighted by Gasteiger charge is -2.08. The lowest BCUT2D eigenvalue weighted by atomic mass is 10.0. The minimum atomic E-state index is 0. The van der Waals surface area contributed by atoms with Crippen LogP contribution in [0.3, 0.4) is 0 Å². The van der Waals surface area contributed by atoms with Gasteiger partial charge in [-0.25, -0.2) is 0 Å². The fourth-order valence-corrected chi connectivity index (χ4v) is 2.44. The van der Waals surface area contributed by atoms with Gasteiger partial charge < -0.3 is 9.73 Å². The summed E-state index contributed by atoms with van der Waals surface area (Å²) < 4.78 is 5.01. The molecule has 1 aromatic rings. The van der Waals surface area contributed by atoms with Gasteiger partial charge in [0, 0.05) is 12.1 Å². The van der Waals surface area contributed by atoms with Gasteiger partial charge in [0.2, 0.25) is 0 Å². The van der Waals surface area contributed by atoms with Gasteiger partial charge in [-0.15, -0.1) is 12.4 Å². The van der Waals surface area contributed by atoms with E-state index in [1.54, 1.807) is 6.26 Å². The van der Waals surface area contributed by atoms with Crippen molar-refractivity contribution in [2.75, 3.05) is 6.54 Å². The molecule has 1 fully saturated rings. The molecule has 0 saturated heterocycles. The highest BCUT2D eigenvalue weighted by Crippen LogP contribution is 2.28. The molecule has 0 aromatic carbocycles. The largest absolute Gasteiger partial charge is 0.472 e. The van der Waals surface area contributed by atoms with E-state index in [9.17, 15) is 0 Å². The Labute approximate surface area is 104 Å². The molecule has 0 aliphatic heterocycles. The number of furan rings is 1. The summed E-state index contributed by atoms with van der Waals surface area (Å²) in [5.41, 5.74) is 1.25. The zero-order chi connectivity index (χ0) is 10.3. The molecule has 0 atom stereocenters. The second kappa shape index (κ2) is 7.75. The summed E-state index contributed by atoms with van der Waals surface area (Å²) in [6.07, 6.45) is 12.2. The fourth-order valence-electron chi connectivity index (χ4n) is 2.44. The minimum Gasteiger partial charge on any atom is -0.472 e. The average molecular weight is 244 g/mol. The predicted octanol–water partition coefficient (Wildman–Crippen LogP) is 3.76. The third-order valence-corrected chi connectivity index (χ3v) is 3.35. The molecule has 2 nitrogen and oxygen atoms in total. The van der Waals surface area contributed by atoms with Crippen molar-refractivity contribution in [2.24, 2.45) is 5.92 Å². The van der Waals surface area contributed by atoms with Crippen LogP contribution in [-0.2, 0) is 6.54 Å². The van der Waals surface area contributed by atoms with Crippen LogP contribution >= 0.6 is 12.4 Å². The topological polar surface area (TPSA) is 25.2 Å². The zero-order valence-corrected chi connectivity index (χ0v) is 10.6. The molecule has 0 bridgehead atoms.